The van der Waals surface area contributed by atoms with Gasteiger partial charge in [-0.25, -0.2) is 0 Å². The third kappa shape index (κ3) is 19.9. The standard InChI is InChI=1S/C82H106N8/c1-9-17-57-85(58-18-10-2)71-37-45-77(46-38-71)89(78-47-39-72(40-48-78)86(59-19-11-3)60-20-12-4)75-33-29-67(30-34-75)25-27-69-53-55-83-81(65-69)82-66-70(54-56-84-82)28-26-68-31-35-76(36-32-68)90(79-49-41-73(42-50-79)87(61-21-13-5)62-22-14-6)80-51-43-74(44-52-80)88(63-23-15-7)64-24-16-8/h25-56,65-66H,9-24,57-64H2,1-8H3/b27-25+,28-26+. The number of benzene rings is 6. The van der Waals surface area contributed by atoms with E-state index in [2.05, 4.69) is 279 Å². The van der Waals surface area contributed by atoms with Crippen LogP contribution in [0, 0.1) is 0 Å². The van der Waals surface area contributed by atoms with Crippen LogP contribution in [0.5, 0.6) is 0 Å². The molecular weight excluding hydrogens is 1100 g/mol. The molecule has 474 valence electrons. The maximum Gasteiger partial charge on any atom is 0.0892 e. The summed E-state index contributed by atoms with van der Waals surface area (Å²) in [6, 6.07) is 63.3. The molecular formula is C82H106N8. The molecule has 2 aromatic heterocycles. The Morgan fingerprint density at radius 1 is 0.233 bits per heavy atom. The summed E-state index contributed by atoms with van der Waals surface area (Å²) in [5.41, 5.74) is 18.1. The summed E-state index contributed by atoms with van der Waals surface area (Å²) in [4.78, 5) is 24.7. The summed E-state index contributed by atoms with van der Waals surface area (Å²) in [5.74, 6) is 0. The smallest absolute Gasteiger partial charge is 0.0892 e. The van der Waals surface area contributed by atoms with Crippen LogP contribution in [0.15, 0.2) is 182 Å². The molecule has 0 aliphatic carbocycles. The van der Waals surface area contributed by atoms with E-state index in [1.165, 1.54) is 125 Å². The lowest BCUT2D eigenvalue weighted by atomic mass is 10.1. The Labute approximate surface area is 544 Å². The largest absolute Gasteiger partial charge is 0.372 e. The van der Waals surface area contributed by atoms with Gasteiger partial charge in [0.1, 0.15) is 0 Å². The zero-order valence-electron chi connectivity index (χ0n) is 56.2. The van der Waals surface area contributed by atoms with Crippen LogP contribution in [0.3, 0.4) is 0 Å². The second kappa shape index (κ2) is 37.2. The fraction of sp³-hybridized carbons (Fsp3) is 0.390. The molecule has 0 amide bonds. The van der Waals surface area contributed by atoms with E-state index in [9.17, 15) is 0 Å². The van der Waals surface area contributed by atoms with E-state index < -0.39 is 0 Å². The van der Waals surface area contributed by atoms with Gasteiger partial charge in [0.25, 0.3) is 0 Å². The number of unbranched alkanes of at least 4 members (excludes halogenated alkanes) is 8. The van der Waals surface area contributed by atoms with E-state index in [4.69, 9.17) is 9.97 Å². The predicted molar refractivity (Wildman–Crippen MR) is 396 cm³/mol. The second-order valence-electron chi connectivity index (χ2n) is 24.3. The topological polar surface area (TPSA) is 45.2 Å². The number of anilines is 10. The van der Waals surface area contributed by atoms with E-state index in [-0.39, 0.29) is 0 Å². The van der Waals surface area contributed by atoms with Crippen LogP contribution in [0.1, 0.15) is 180 Å². The van der Waals surface area contributed by atoms with Crippen molar-refractivity contribution in [1.82, 2.24) is 9.97 Å². The molecule has 8 aromatic rings. The van der Waals surface area contributed by atoms with Crippen molar-refractivity contribution in [3.05, 3.63) is 205 Å². The molecule has 0 fully saturated rings. The van der Waals surface area contributed by atoms with Crippen molar-refractivity contribution in [2.45, 2.75) is 158 Å². The van der Waals surface area contributed by atoms with Crippen LogP contribution in [0.4, 0.5) is 56.9 Å². The summed E-state index contributed by atoms with van der Waals surface area (Å²) in [5, 5.41) is 0. The molecule has 0 atom stereocenters. The van der Waals surface area contributed by atoms with Gasteiger partial charge in [-0.3, -0.25) is 9.97 Å². The molecule has 2 heterocycles. The number of nitrogens with zero attached hydrogens (tertiary/aromatic N) is 8. The van der Waals surface area contributed by atoms with Crippen molar-refractivity contribution in [3.8, 4) is 11.4 Å². The summed E-state index contributed by atoms with van der Waals surface area (Å²) < 4.78 is 0. The van der Waals surface area contributed by atoms with Crippen molar-refractivity contribution in [1.29, 1.82) is 0 Å². The van der Waals surface area contributed by atoms with Crippen LogP contribution in [-0.4, -0.2) is 62.3 Å². The SMILES string of the molecule is CCCCN(CCCC)c1ccc(N(c2ccc(/C=C/c3ccnc(-c4cc(/C=C/c5ccc(N(c6ccc(N(CCCC)CCCC)cc6)c6ccc(N(CCCC)CCCC)cc6)cc5)ccn4)c3)cc2)c2ccc(N(CCCC)CCCC)cc2)cc1. The normalized spacial score (nSPS) is 11.4. The van der Waals surface area contributed by atoms with Gasteiger partial charge in [0.05, 0.1) is 11.4 Å². The molecule has 0 saturated carbocycles. The first kappa shape index (κ1) is 67.8. The lowest BCUT2D eigenvalue weighted by Crippen LogP contribution is -2.25. The molecule has 90 heavy (non-hydrogen) atoms. The minimum Gasteiger partial charge on any atom is -0.372 e. The molecule has 0 aliphatic heterocycles. The first-order valence-electron chi connectivity index (χ1n) is 34.8. The van der Waals surface area contributed by atoms with Gasteiger partial charge < -0.3 is 29.4 Å². The minimum atomic E-state index is 0.836. The number of aromatic nitrogens is 2. The molecule has 6 aromatic carbocycles. The highest BCUT2D eigenvalue weighted by Gasteiger charge is 2.18. The van der Waals surface area contributed by atoms with Crippen molar-refractivity contribution in [3.63, 3.8) is 0 Å². The highest BCUT2D eigenvalue weighted by molar-refractivity contribution is 5.82. The Balaban J connectivity index is 0.990. The number of pyridine rings is 2. The number of hydrogen-bond donors (Lipinski definition) is 0. The van der Waals surface area contributed by atoms with Gasteiger partial charge in [0, 0.05) is 122 Å². The molecule has 0 radical (unpaired) electrons. The van der Waals surface area contributed by atoms with Crippen LogP contribution in [0.2, 0.25) is 0 Å². The van der Waals surface area contributed by atoms with E-state index in [1.54, 1.807) is 0 Å². The molecule has 0 aliphatic rings. The summed E-state index contributed by atoms with van der Waals surface area (Å²) in [7, 11) is 0. The van der Waals surface area contributed by atoms with Gasteiger partial charge in [-0.2, -0.15) is 0 Å². The van der Waals surface area contributed by atoms with E-state index in [0.29, 0.717) is 0 Å². The van der Waals surface area contributed by atoms with Gasteiger partial charge in [-0.1, -0.05) is 155 Å². The Morgan fingerprint density at radius 3 is 0.633 bits per heavy atom. The van der Waals surface area contributed by atoms with Gasteiger partial charge in [-0.05, 0) is 219 Å². The third-order valence-corrected chi connectivity index (χ3v) is 17.2. The van der Waals surface area contributed by atoms with Gasteiger partial charge in [-0.15, -0.1) is 0 Å². The Bertz CT molecular complexity index is 2950. The number of hydrogen-bond acceptors (Lipinski definition) is 8. The van der Waals surface area contributed by atoms with Crippen molar-refractivity contribution < 1.29 is 0 Å². The predicted octanol–water partition coefficient (Wildman–Crippen LogP) is 23.1. The first-order chi connectivity index (χ1) is 44.3. The maximum absolute atomic E-state index is 4.80. The second-order valence-corrected chi connectivity index (χ2v) is 24.3. The quantitative estimate of drug-likeness (QED) is 0.0378. The lowest BCUT2D eigenvalue weighted by molar-refractivity contribution is 0.678. The van der Waals surface area contributed by atoms with E-state index in [0.717, 1.165) is 120 Å². The van der Waals surface area contributed by atoms with Gasteiger partial charge in [0.15, 0.2) is 0 Å². The Kier molecular flexibility index (Phi) is 28.0. The molecule has 0 spiro atoms. The average molecular weight is 1200 g/mol. The van der Waals surface area contributed by atoms with Crippen LogP contribution >= 0.6 is 0 Å². The van der Waals surface area contributed by atoms with Crippen LogP contribution in [0.25, 0.3) is 35.7 Å². The zero-order valence-corrected chi connectivity index (χ0v) is 56.2. The maximum atomic E-state index is 4.80. The highest BCUT2D eigenvalue weighted by Crippen LogP contribution is 2.39. The molecule has 0 unspecified atom stereocenters. The zero-order chi connectivity index (χ0) is 63.1. The fourth-order valence-electron chi connectivity index (χ4n) is 11.7. The van der Waals surface area contributed by atoms with Crippen LogP contribution in [-0.2, 0) is 0 Å². The van der Waals surface area contributed by atoms with Crippen molar-refractivity contribution in [2.24, 2.45) is 0 Å². The highest BCUT2D eigenvalue weighted by atomic mass is 15.2. The van der Waals surface area contributed by atoms with E-state index in [1.807, 2.05) is 12.4 Å². The monoisotopic (exact) mass is 1200 g/mol. The Morgan fingerprint density at radius 2 is 0.422 bits per heavy atom. The van der Waals surface area contributed by atoms with Crippen molar-refractivity contribution >= 4 is 81.2 Å². The van der Waals surface area contributed by atoms with Gasteiger partial charge in [0.2, 0.25) is 0 Å². The lowest BCUT2D eigenvalue weighted by Gasteiger charge is -2.29. The van der Waals surface area contributed by atoms with Crippen LogP contribution < -0.4 is 29.4 Å². The minimum absolute atomic E-state index is 0.836. The number of rotatable bonds is 39. The molecule has 8 rings (SSSR count). The summed E-state index contributed by atoms with van der Waals surface area (Å²) in [6.07, 6.45) is 31.6. The molecule has 0 bridgehead atoms. The fourth-order valence-corrected chi connectivity index (χ4v) is 11.7. The summed E-state index contributed by atoms with van der Waals surface area (Å²) >= 11 is 0. The van der Waals surface area contributed by atoms with Crippen molar-refractivity contribution in [2.75, 3.05) is 81.8 Å². The molecule has 8 heteroatoms. The van der Waals surface area contributed by atoms with E-state index >= 15 is 0 Å². The Hall–Kier alpha value is -8.10. The third-order valence-electron chi connectivity index (χ3n) is 17.2. The average Bonchev–Trinajstić information content (AvgIpc) is 1.33. The molecule has 0 N–H and O–H groups in total. The molecule has 0 saturated heterocycles. The summed E-state index contributed by atoms with van der Waals surface area (Å²) in [6.45, 7) is 27.0. The van der Waals surface area contributed by atoms with Gasteiger partial charge >= 0.3 is 0 Å². The molecule has 8 nitrogen and oxygen atoms in total. The first-order valence-corrected chi connectivity index (χ1v) is 34.8.